The van der Waals surface area contributed by atoms with Gasteiger partial charge in [-0.1, -0.05) is 13.5 Å². The van der Waals surface area contributed by atoms with Crippen molar-refractivity contribution in [1.82, 2.24) is 4.90 Å². The number of carbonyl (C=O) groups is 2. The molecule has 0 atom stereocenters. The summed E-state index contributed by atoms with van der Waals surface area (Å²) < 4.78 is 4.99. The van der Waals surface area contributed by atoms with E-state index in [1.54, 1.807) is 0 Å². The summed E-state index contributed by atoms with van der Waals surface area (Å²) in [4.78, 5) is 22.4. The monoisotopic (exact) mass is 186 g/mol. The van der Waals surface area contributed by atoms with Gasteiger partial charge in [0.15, 0.2) is 0 Å². The minimum atomic E-state index is -0.832. The van der Waals surface area contributed by atoms with Crippen molar-refractivity contribution in [2.45, 2.75) is 13.3 Å². The third kappa shape index (κ3) is 4.27. The van der Waals surface area contributed by atoms with E-state index in [4.69, 9.17) is 10.5 Å². The largest absolute Gasteiger partial charge is 0.360 e. The van der Waals surface area contributed by atoms with E-state index in [0.29, 0.717) is 6.61 Å². The Hall–Kier alpha value is -1.36. The normalized spacial score (nSPS) is 9.31. The van der Waals surface area contributed by atoms with Crippen molar-refractivity contribution < 1.29 is 14.3 Å². The van der Waals surface area contributed by atoms with Gasteiger partial charge >= 0.3 is 6.03 Å². The summed E-state index contributed by atoms with van der Waals surface area (Å²) in [6.45, 7) is 5.52. The van der Waals surface area contributed by atoms with E-state index in [-0.39, 0.29) is 6.73 Å². The molecule has 0 aromatic rings. The number of nitrogens with two attached hydrogens (primary N) is 1. The SMILES string of the molecule is C=CC(=O)N(COCCC)C(N)=O. The van der Waals surface area contributed by atoms with Crippen molar-refractivity contribution in [1.29, 1.82) is 0 Å². The number of imide groups is 1. The van der Waals surface area contributed by atoms with Crippen LogP contribution in [0.3, 0.4) is 0 Å². The lowest BCUT2D eigenvalue weighted by molar-refractivity contribution is -0.127. The number of ether oxygens (including phenoxy) is 1. The second kappa shape index (κ2) is 6.19. The molecular weight excluding hydrogens is 172 g/mol. The molecule has 0 fully saturated rings. The summed E-state index contributed by atoms with van der Waals surface area (Å²) in [7, 11) is 0. The van der Waals surface area contributed by atoms with Gasteiger partial charge in [0.25, 0.3) is 5.91 Å². The molecule has 74 valence electrons. The maximum absolute atomic E-state index is 11.0. The highest BCUT2D eigenvalue weighted by molar-refractivity contribution is 5.99. The highest BCUT2D eigenvalue weighted by Crippen LogP contribution is 1.92. The first-order valence-corrected chi connectivity index (χ1v) is 3.94. The molecule has 2 N–H and O–H groups in total. The molecule has 0 aliphatic rings. The lowest BCUT2D eigenvalue weighted by atomic mass is 10.5. The van der Waals surface area contributed by atoms with Crippen LogP contribution >= 0.6 is 0 Å². The number of amides is 3. The van der Waals surface area contributed by atoms with Gasteiger partial charge in [-0.05, 0) is 12.5 Å². The minimum Gasteiger partial charge on any atom is -0.360 e. The Morgan fingerprint density at radius 3 is 2.62 bits per heavy atom. The first-order valence-electron chi connectivity index (χ1n) is 3.94. The highest BCUT2D eigenvalue weighted by Gasteiger charge is 2.15. The summed E-state index contributed by atoms with van der Waals surface area (Å²) >= 11 is 0. The third-order valence-corrected chi connectivity index (χ3v) is 1.28. The second-order valence-electron chi connectivity index (χ2n) is 2.35. The number of hydrogen-bond acceptors (Lipinski definition) is 3. The second-order valence-corrected chi connectivity index (χ2v) is 2.35. The summed E-state index contributed by atoms with van der Waals surface area (Å²) in [6, 6.07) is -0.832. The fourth-order valence-electron chi connectivity index (χ4n) is 0.646. The van der Waals surface area contributed by atoms with Gasteiger partial charge in [0.2, 0.25) is 0 Å². The van der Waals surface area contributed by atoms with Crippen molar-refractivity contribution in [2.24, 2.45) is 5.73 Å². The van der Waals surface area contributed by atoms with Gasteiger partial charge in [-0.3, -0.25) is 4.79 Å². The van der Waals surface area contributed by atoms with Crippen LogP contribution in [0, 0.1) is 0 Å². The molecule has 0 aromatic heterocycles. The lowest BCUT2D eigenvalue weighted by Crippen LogP contribution is -2.41. The summed E-state index contributed by atoms with van der Waals surface area (Å²) in [5, 5.41) is 0. The topological polar surface area (TPSA) is 72.6 Å². The minimum absolute atomic E-state index is 0.117. The summed E-state index contributed by atoms with van der Waals surface area (Å²) in [5.74, 6) is -0.552. The number of primary amides is 1. The van der Waals surface area contributed by atoms with E-state index in [0.717, 1.165) is 17.4 Å². The molecule has 0 saturated heterocycles. The number of carbonyl (C=O) groups excluding carboxylic acids is 2. The maximum Gasteiger partial charge on any atom is 0.323 e. The zero-order valence-corrected chi connectivity index (χ0v) is 7.66. The molecule has 0 rings (SSSR count). The molecular formula is C8H14N2O3. The highest BCUT2D eigenvalue weighted by atomic mass is 16.5. The summed E-state index contributed by atoms with van der Waals surface area (Å²) in [6.07, 6.45) is 1.83. The van der Waals surface area contributed by atoms with Crippen LogP contribution in [0.5, 0.6) is 0 Å². The third-order valence-electron chi connectivity index (χ3n) is 1.28. The molecule has 0 aliphatic carbocycles. The Kier molecular flexibility index (Phi) is 5.54. The average Bonchev–Trinajstić information content (AvgIpc) is 2.11. The number of urea groups is 1. The molecule has 0 saturated carbocycles. The van der Waals surface area contributed by atoms with Crippen LogP contribution in [0.1, 0.15) is 13.3 Å². The van der Waals surface area contributed by atoms with Crippen LogP contribution in [-0.4, -0.2) is 30.2 Å². The number of rotatable bonds is 5. The molecule has 0 aromatic carbocycles. The zero-order valence-electron chi connectivity index (χ0n) is 7.66. The molecule has 0 aliphatic heterocycles. The van der Waals surface area contributed by atoms with Crippen molar-refractivity contribution >= 4 is 11.9 Å². The first-order chi connectivity index (χ1) is 6.13. The van der Waals surface area contributed by atoms with Gasteiger partial charge in [-0.15, -0.1) is 0 Å². The van der Waals surface area contributed by atoms with Crippen LogP contribution in [0.15, 0.2) is 12.7 Å². The van der Waals surface area contributed by atoms with Crippen LogP contribution in [0.25, 0.3) is 0 Å². The molecule has 13 heavy (non-hydrogen) atoms. The average molecular weight is 186 g/mol. The Morgan fingerprint density at radius 2 is 2.23 bits per heavy atom. The van der Waals surface area contributed by atoms with E-state index in [2.05, 4.69) is 6.58 Å². The van der Waals surface area contributed by atoms with Gasteiger partial charge in [0.1, 0.15) is 6.73 Å². The zero-order chi connectivity index (χ0) is 10.3. The van der Waals surface area contributed by atoms with E-state index in [1.165, 1.54) is 0 Å². The van der Waals surface area contributed by atoms with Crippen LogP contribution < -0.4 is 5.73 Å². The predicted molar refractivity (Wildman–Crippen MR) is 47.7 cm³/mol. The predicted octanol–water partition coefficient (Wildman–Crippen LogP) is 0.464. The van der Waals surface area contributed by atoms with E-state index in [1.807, 2.05) is 6.92 Å². The molecule has 0 spiro atoms. The van der Waals surface area contributed by atoms with Crippen molar-refractivity contribution in [3.05, 3.63) is 12.7 Å². The standard InChI is InChI=1S/C8H14N2O3/c1-3-5-13-6-10(8(9)12)7(11)4-2/h4H,2-3,5-6H2,1H3,(H2,9,12). The Morgan fingerprint density at radius 1 is 1.62 bits per heavy atom. The molecule has 0 heterocycles. The molecule has 0 bridgehead atoms. The van der Waals surface area contributed by atoms with Gasteiger partial charge in [0, 0.05) is 6.61 Å². The van der Waals surface area contributed by atoms with Crippen molar-refractivity contribution in [2.75, 3.05) is 13.3 Å². The van der Waals surface area contributed by atoms with E-state index >= 15 is 0 Å². The van der Waals surface area contributed by atoms with Gasteiger partial charge in [-0.2, -0.15) is 0 Å². The van der Waals surface area contributed by atoms with Crippen LogP contribution in [-0.2, 0) is 9.53 Å². The number of nitrogens with zero attached hydrogens (tertiary/aromatic N) is 1. The van der Waals surface area contributed by atoms with Gasteiger partial charge in [-0.25, -0.2) is 9.69 Å². The lowest BCUT2D eigenvalue weighted by Gasteiger charge is -2.15. The van der Waals surface area contributed by atoms with Crippen molar-refractivity contribution in [3.63, 3.8) is 0 Å². The Bertz CT molecular complexity index is 204. The molecule has 5 nitrogen and oxygen atoms in total. The quantitative estimate of drug-likeness (QED) is 0.385. The first kappa shape index (κ1) is 11.6. The molecule has 5 heteroatoms. The van der Waals surface area contributed by atoms with Gasteiger partial charge < -0.3 is 10.5 Å². The maximum atomic E-state index is 11.0. The van der Waals surface area contributed by atoms with E-state index in [9.17, 15) is 9.59 Å². The van der Waals surface area contributed by atoms with Gasteiger partial charge in [0.05, 0.1) is 0 Å². The fraction of sp³-hybridized carbons (Fsp3) is 0.500. The van der Waals surface area contributed by atoms with Crippen LogP contribution in [0.2, 0.25) is 0 Å². The smallest absolute Gasteiger partial charge is 0.323 e. The number of hydrogen-bond donors (Lipinski definition) is 1. The molecule has 0 radical (unpaired) electrons. The van der Waals surface area contributed by atoms with Crippen LogP contribution in [0.4, 0.5) is 4.79 Å². The Balaban J connectivity index is 4.03. The van der Waals surface area contributed by atoms with E-state index < -0.39 is 11.9 Å². The van der Waals surface area contributed by atoms with Crippen molar-refractivity contribution in [3.8, 4) is 0 Å². The fourth-order valence-corrected chi connectivity index (χ4v) is 0.646. The summed E-state index contributed by atoms with van der Waals surface area (Å²) in [5.41, 5.74) is 4.93. The molecule has 0 unspecified atom stereocenters. The Labute approximate surface area is 77.1 Å². The molecule has 3 amide bonds.